The Labute approximate surface area is 125 Å². The van der Waals surface area contributed by atoms with Crippen LogP contribution < -0.4 is 5.32 Å². The predicted molar refractivity (Wildman–Crippen MR) is 86.2 cm³/mol. The topological polar surface area (TPSA) is 37.8 Å². The van der Waals surface area contributed by atoms with Crippen LogP contribution in [0.15, 0.2) is 54.7 Å². The van der Waals surface area contributed by atoms with Gasteiger partial charge in [0.2, 0.25) is 0 Å². The Kier molecular flexibility index (Phi) is 3.93. The molecule has 0 saturated carbocycles. The fraction of sp³-hybridized carbons (Fsp3) is 0.222. The van der Waals surface area contributed by atoms with Crippen LogP contribution in [0.2, 0.25) is 0 Å². The molecule has 0 amide bonds. The molecule has 3 rings (SSSR count). The fourth-order valence-corrected chi connectivity index (χ4v) is 2.54. The minimum absolute atomic E-state index is 0.179. The van der Waals surface area contributed by atoms with Gasteiger partial charge in [0.15, 0.2) is 0 Å². The summed E-state index contributed by atoms with van der Waals surface area (Å²) in [7, 11) is 1.97. The summed E-state index contributed by atoms with van der Waals surface area (Å²) in [5, 5.41) is 4.52. The van der Waals surface area contributed by atoms with Crippen molar-refractivity contribution in [2.45, 2.75) is 19.4 Å². The van der Waals surface area contributed by atoms with Gasteiger partial charge in [-0.1, -0.05) is 24.3 Å². The molecule has 0 spiro atoms. The first kappa shape index (κ1) is 13.7. The van der Waals surface area contributed by atoms with E-state index in [1.54, 1.807) is 0 Å². The van der Waals surface area contributed by atoms with Gasteiger partial charge in [0.25, 0.3) is 0 Å². The number of nitrogens with zero attached hydrogens (tertiary/aromatic N) is 2. The number of rotatable bonds is 4. The maximum absolute atomic E-state index is 4.74. The van der Waals surface area contributed by atoms with E-state index >= 15 is 0 Å². The average molecular weight is 277 g/mol. The molecule has 0 aliphatic heterocycles. The number of fused-ring (bicyclic) bond motifs is 1. The highest BCUT2D eigenvalue weighted by Crippen LogP contribution is 2.18. The number of aryl methyl sites for hydroxylation is 1. The van der Waals surface area contributed by atoms with Gasteiger partial charge in [0.05, 0.1) is 17.3 Å². The molecule has 3 aromatic rings. The van der Waals surface area contributed by atoms with Crippen LogP contribution in [-0.4, -0.2) is 17.0 Å². The fourth-order valence-electron chi connectivity index (χ4n) is 2.54. The molecule has 2 heterocycles. The molecule has 3 heteroatoms. The maximum atomic E-state index is 4.74. The third-order valence-electron chi connectivity index (χ3n) is 3.71. The summed E-state index contributed by atoms with van der Waals surface area (Å²) >= 11 is 0. The van der Waals surface area contributed by atoms with E-state index in [4.69, 9.17) is 4.98 Å². The van der Waals surface area contributed by atoms with Crippen molar-refractivity contribution in [3.63, 3.8) is 0 Å². The van der Waals surface area contributed by atoms with Crippen LogP contribution in [-0.2, 0) is 6.42 Å². The highest BCUT2D eigenvalue weighted by atomic mass is 14.9. The average Bonchev–Trinajstić information content (AvgIpc) is 2.52. The number of nitrogens with one attached hydrogen (secondary N) is 1. The third kappa shape index (κ3) is 3.09. The van der Waals surface area contributed by atoms with Crippen molar-refractivity contribution >= 4 is 10.9 Å². The number of pyridine rings is 2. The van der Waals surface area contributed by atoms with Crippen LogP contribution >= 0.6 is 0 Å². The van der Waals surface area contributed by atoms with E-state index < -0.39 is 0 Å². The lowest BCUT2D eigenvalue weighted by Gasteiger charge is -2.16. The molecule has 0 saturated heterocycles. The Morgan fingerprint density at radius 1 is 1.10 bits per heavy atom. The second-order valence-corrected chi connectivity index (χ2v) is 5.30. The first-order chi connectivity index (χ1) is 10.3. The standard InChI is InChI=1S/C18H19N3/c1-13-9-10-20-18(11-13)17(19-2)12-15-8-7-14-5-3-4-6-16(14)21-15/h3-11,17,19H,12H2,1-2H3. The smallest absolute Gasteiger partial charge is 0.0705 e. The monoisotopic (exact) mass is 277 g/mol. The summed E-state index contributed by atoms with van der Waals surface area (Å²) < 4.78 is 0. The molecule has 3 nitrogen and oxygen atoms in total. The van der Waals surface area contributed by atoms with Crippen molar-refractivity contribution in [1.29, 1.82) is 0 Å². The lowest BCUT2D eigenvalue weighted by molar-refractivity contribution is 0.569. The first-order valence-electron chi connectivity index (χ1n) is 7.21. The largest absolute Gasteiger partial charge is 0.311 e. The third-order valence-corrected chi connectivity index (χ3v) is 3.71. The summed E-state index contributed by atoms with van der Waals surface area (Å²) in [6.45, 7) is 2.09. The van der Waals surface area contributed by atoms with Gasteiger partial charge >= 0.3 is 0 Å². The quantitative estimate of drug-likeness (QED) is 0.794. The summed E-state index contributed by atoms with van der Waals surface area (Å²) in [5.41, 5.74) is 4.41. The maximum Gasteiger partial charge on any atom is 0.0705 e. The molecule has 0 aliphatic rings. The molecule has 0 fully saturated rings. The van der Waals surface area contributed by atoms with Crippen LogP contribution in [0.3, 0.4) is 0 Å². The van der Waals surface area contributed by atoms with E-state index in [2.05, 4.69) is 47.6 Å². The van der Waals surface area contributed by atoms with Gasteiger partial charge in [-0.15, -0.1) is 0 Å². The lowest BCUT2D eigenvalue weighted by Crippen LogP contribution is -2.20. The van der Waals surface area contributed by atoms with Crippen molar-refractivity contribution in [3.8, 4) is 0 Å². The lowest BCUT2D eigenvalue weighted by atomic mass is 10.0. The van der Waals surface area contributed by atoms with E-state index in [0.29, 0.717) is 0 Å². The van der Waals surface area contributed by atoms with Crippen LogP contribution in [0, 0.1) is 6.92 Å². The van der Waals surface area contributed by atoms with Crippen LogP contribution in [0.25, 0.3) is 10.9 Å². The molecule has 21 heavy (non-hydrogen) atoms. The Hall–Kier alpha value is -2.26. The van der Waals surface area contributed by atoms with Crippen molar-refractivity contribution in [2.24, 2.45) is 0 Å². The molecule has 2 aromatic heterocycles. The molecule has 1 atom stereocenters. The number of para-hydroxylation sites is 1. The predicted octanol–water partition coefficient (Wildman–Crippen LogP) is 3.44. The Balaban J connectivity index is 1.88. The number of likely N-dealkylation sites (N-methyl/N-ethyl adjacent to an activating group) is 1. The molecular weight excluding hydrogens is 258 g/mol. The normalized spacial score (nSPS) is 12.5. The molecular formula is C18H19N3. The zero-order valence-electron chi connectivity index (χ0n) is 12.4. The van der Waals surface area contributed by atoms with Crippen LogP contribution in [0.5, 0.6) is 0 Å². The minimum Gasteiger partial charge on any atom is -0.311 e. The SMILES string of the molecule is CNC(Cc1ccc2ccccc2n1)c1cc(C)ccn1. The van der Waals surface area contributed by atoms with E-state index in [-0.39, 0.29) is 6.04 Å². The molecule has 106 valence electrons. The van der Waals surface area contributed by atoms with Crippen molar-refractivity contribution in [1.82, 2.24) is 15.3 Å². The van der Waals surface area contributed by atoms with E-state index in [1.807, 2.05) is 31.4 Å². The van der Waals surface area contributed by atoms with E-state index in [9.17, 15) is 0 Å². The van der Waals surface area contributed by atoms with Gasteiger partial charge in [-0.3, -0.25) is 9.97 Å². The molecule has 0 bridgehead atoms. The molecule has 1 unspecified atom stereocenters. The van der Waals surface area contributed by atoms with Crippen molar-refractivity contribution in [3.05, 3.63) is 71.7 Å². The van der Waals surface area contributed by atoms with Crippen molar-refractivity contribution in [2.75, 3.05) is 7.05 Å². The van der Waals surface area contributed by atoms with Crippen molar-refractivity contribution < 1.29 is 0 Å². The highest BCUT2D eigenvalue weighted by Gasteiger charge is 2.12. The number of hydrogen-bond acceptors (Lipinski definition) is 3. The zero-order valence-corrected chi connectivity index (χ0v) is 12.4. The van der Waals surface area contributed by atoms with Gasteiger partial charge < -0.3 is 5.32 Å². The van der Waals surface area contributed by atoms with E-state index in [0.717, 1.165) is 23.3 Å². The highest BCUT2D eigenvalue weighted by molar-refractivity contribution is 5.78. The van der Waals surface area contributed by atoms with Gasteiger partial charge in [-0.25, -0.2) is 0 Å². The first-order valence-corrected chi connectivity index (χ1v) is 7.21. The summed E-state index contributed by atoms with van der Waals surface area (Å²) in [6, 6.07) is 16.8. The van der Waals surface area contributed by atoms with Crippen LogP contribution in [0.1, 0.15) is 23.0 Å². The Bertz CT molecular complexity index is 752. The molecule has 1 N–H and O–H groups in total. The van der Waals surface area contributed by atoms with E-state index in [1.165, 1.54) is 10.9 Å². The number of benzene rings is 1. The molecule has 1 aromatic carbocycles. The zero-order chi connectivity index (χ0) is 14.7. The van der Waals surface area contributed by atoms with Crippen LogP contribution in [0.4, 0.5) is 0 Å². The van der Waals surface area contributed by atoms with Gasteiger partial charge in [-0.2, -0.15) is 0 Å². The minimum atomic E-state index is 0.179. The number of hydrogen-bond donors (Lipinski definition) is 1. The summed E-state index contributed by atoms with van der Waals surface area (Å²) in [5.74, 6) is 0. The number of aromatic nitrogens is 2. The second-order valence-electron chi connectivity index (χ2n) is 5.30. The summed E-state index contributed by atoms with van der Waals surface area (Å²) in [4.78, 5) is 9.22. The van der Waals surface area contributed by atoms with Gasteiger partial charge in [0, 0.05) is 23.7 Å². The molecule has 0 radical (unpaired) electrons. The summed E-state index contributed by atoms with van der Waals surface area (Å²) in [6.07, 6.45) is 2.70. The van der Waals surface area contributed by atoms with Gasteiger partial charge in [0.1, 0.15) is 0 Å². The van der Waals surface area contributed by atoms with Gasteiger partial charge in [-0.05, 0) is 43.8 Å². The second kappa shape index (κ2) is 6.02. The molecule has 0 aliphatic carbocycles. The Morgan fingerprint density at radius 3 is 2.76 bits per heavy atom. The Morgan fingerprint density at radius 2 is 1.95 bits per heavy atom.